The molecule has 168 valence electrons. The van der Waals surface area contributed by atoms with Crippen LogP contribution in [0.4, 0.5) is 10.1 Å². The monoisotopic (exact) mass is 428 g/mol. The molecule has 0 spiro atoms. The molecule has 1 N–H and O–H groups in total. The second-order valence-corrected chi connectivity index (χ2v) is 10.1. The quantitative estimate of drug-likeness (QED) is 0.656. The lowest BCUT2D eigenvalue weighted by Gasteiger charge is -2.41. The van der Waals surface area contributed by atoms with Gasteiger partial charge in [-0.05, 0) is 63.6 Å². The Labute approximate surface area is 184 Å². The van der Waals surface area contributed by atoms with E-state index >= 15 is 0 Å². The van der Waals surface area contributed by atoms with Gasteiger partial charge in [0.2, 0.25) is 0 Å². The van der Waals surface area contributed by atoms with Crippen LogP contribution in [0.15, 0.2) is 30.5 Å². The average molecular weight is 429 g/mol. The van der Waals surface area contributed by atoms with E-state index in [-0.39, 0.29) is 11.2 Å². The number of aryl methyl sites for hydroxylation is 1. The number of carboxylic acid groups (broad SMARTS) is 1. The maximum Gasteiger partial charge on any atom is 0.337 e. The minimum Gasteiger partial charge on any atom is -0.479 e. The van der Waals surface area contributed by atoms with Crippen molar-refractivity contribution in [2.75, 3.05) is 18.0 Å². The normalized spacial score (nSPS) is 17.5. The van der Waals surface area contributed by atoms with Crippen LogP contribution in [0.3, 0.4) is 0 Å². The van der Waals surface area contributed by atoms with Gasteiger partial charge in [-0.15, -0.1) is 0 Å². The van der Waals surface area contributed by atoms with Gasteiger partial charge in [0.1, 0.15) is 5.82 Å². The SMILES string of the molecule is Cc1ncc(-c2cccc(F)c2)c(N2CCC(C)(C)CC2)c1C(OC(C)(C)C)C(=O)O. The van der Waals surface area contributed by atoms with Crippen molar-refractivity contribution in [1.29, 1.82) is 0 Å². The van der Waals surface area contributed by atoms with Crippen molar-refractivity contribution in [3.05, 3.63) is 47.5 Å². The summed E-state index contributed by atoms with van der Waals surface area (Å²) in [4.78, 5) is 19.1. The molecule has 1 aromatic heterocycles. The molecule has 0 saturated carbocycles. The van der Waals surface area contributed by atoms with Gasteiger partial charge in [0.25, 0.3) is 0 Å². The van der Waals surface area contributed by atoms with Crippen LogP contribution in [0, 0.1) is 18.2 Å². The molecule has 1 saturated heterocycles. The van der Waals surface area contributed by atoms with Gasteiger partial charge in [-0.2, -0.15) is 0 Å². The van der Waals surface area contributed by atoms with Crippen LogP contribution in [-0.2, 0) is 9.53 Å². The number of piperidine rings is 1. The minimum absolute atomic E-state index is 0.228. The molecule has 1 unspecified atom stereocenters. The van der Waals surface area contributed by atoms with Crippen molar-refractivity contribution in [3.63, 3.8) is 0 Å². The van der Waals surface area contributed by atoms with Gasteiger partial charge in [0, 0.05) is 36.1 Å². The molecule has 0 aliphatic carbocycles. The zero-order valence-corrected chi connectivity index (χ0v) is 19.3. The fourth-order valence-electron chi connectivity index (χ4n) is 4.05. The maximum atomic E-state index is 14.1. The third-order valence-corrected chi connectivity index (χ3v) is 5.81. The van der Waals surface area contributed by atoms with E-state index in [1.165, 1.54) is 12.1 Å². The third kappa shape index (κ3) is 5.42. The highest BCUT2D eigenvalue weighted by Gasteiger charge is 2.35. The molecular weight excluding hydrogens is 395 g/mol. The van der Waals surface area contributed by atoms with E-state index in [2.05, 4.69) is 23.7 Å². The molecule has 2 aromatic rings. The summed E-state index contributed by atoms with van der Waals surface area (Å²) in [6.45, 7) is 13.4. The first-order valence-electron chi connectivity index (χ1n) is 10.8. The second kappa shape index (κ2) is 8.58. The van der Waals surface area contributed by atoms with Crippen LogP contribution in [-0.4, -0.2) is 34.8 Å². The Balaban J connectivity index is 2.23. The number of carbonyl (C=O) groups is 1. The number of hydrogen-bond acceptors (Lipinski definition) is 4. The highest BCUT2D eigenvalue weighted by molar-refractivity contribution is 5.86. The standard InChI is InChI=1S/C25H33FN2O3/c1-16-20(22(23(29)30)31-24(2,3)4)21(28-12-10-25(5,6)11-13-28)19(15-27-16)17-8-7-9-18(26)14-17/h7-9,14-15,22H,10-13H2,1-6H3,(H,29,30). The second-order valence-electron chi connectivity index (χ2n) is 10.1. The molecular formula is C25H33FN2O3. The number of pyridine rings is 1. The van der Waals surface area contributed by atoms with Gasteiger partial charge >= 0.3 is 5.97 Å². The van der Waals surface area contributed by atoms with Crippen LogP contribution in [0.25, 0.3) is 11.1 Å². The Hall–Kier alpha value is -2.47. The molecule has 0 amide bonds. The molecule has 3 rings (SSSR count). The van der Waals surface area contributed by atoms with E-state index in [0.717, 1.165) is 37.2 Å². The van der Waals surface area contributed by atoms with E-state index in [0.29, 0.717) is 16.8 Å². The van der Waals surface area contributed by atoms with Crippen LogP contribution in [0.5, 0.6) is 0 Å². The first-order valence-corrected chi connectivity index (χ1v) is 10.8. The third-order valence-electron chi connectivity index (χ3n) is 5.81. The topological polar surface area (TPSA) is 62.7 Å². The Bertz CT molecular complexity index is 956. The van der Waals surface area contributed by atoms with Gasteiger partial charge in [-0.1, -0.05) is 26.0 Å². The minimum atomic E-state index is -1.18. The molecule has 0 radical (unpaired) electrons. The fourth-order valence-corrected chi connectivity index (χ4v) is 4.05. The van der Waals surface area contributed by atoms with Crippen molar-refractivity contribution in [2.45, 2.75) is 66.1 Å². The number of anilines is 1. The molecule has 1 fully saturated rings. The summed E-state index contributed by atoms with van der Waals surface area (Å²) in [5, 5.41) is 10.1. The predicted octanol–water partition coefficient (Wildman–Crippen LogP) is 5.76. The van der Waals surface area contributed by atoms with Crippen molar-refractivity contribution >= 4 is 11.7 Å². The zero-order chi connectivity index (χ0) is 23.0. The van der Waals surface area contributed by atoms with E-state index in [9.17, 15) is 14.3 Å². The molecule has 1 aliphatic rings. The number of ether oxygens (including phenoxy) is 1. The van der Waals surface area contributed by atoms with Gasteiger partial charge in [-0.25, -0.2) is 9.18 Å². The summed E-state index contributed by atoms with van der Waals surface area (Å²) < 4.78 is 20.1. The number of halogens is 1. The average Bonchev–Trinajstić information content (AvgIpc) is 2.65. The summed E-state index contributed by atoms with van der Waals surface area (Å²) in [6, 6.07) is 6.36. The van der Waals surface area contributed by atoms with E-state index in [4.69, 9.17) is 4.74 Å². The number of rotatable bonds is 5. The molecule has 0 bridgehead atoms. The van der Waals surface area contributed by atoms with E-state index < -0.39 is 17.7 Å². The molecule has 1 atom stereocenters. The van der Waals surface area contributed by atoms with Crippen molar-refractivity contribution in [2.24, 2.45) is 5.41 Å². The molecule has 1 aliphatic heterocycles. The van der Waals surface area contributed by atoms with Gasteiger partial charge in [-0.3, -0.25) is 4.98 Å². The lowest BCUT2D eigenvalue weighted by atomic mass is 9.82. The molecule has 1 aromatic carbocycles. The van der Waals surface area contributed by atoms with Crippen LogP contribution in [0.1, 0.15) is 64.8 Å². The van der Waals surface area contributed by atoms with Crippen LogP contribution in [0.2, 0.25) is 0 Å². The van der Waals surface area contributed by atoms with Crippen LogP contribution < -0.4 is 4.90 Å². The predicted molar refractivity (Wildman–Crippen MR) is 121 cm³/mol. The summed E-state index contributed by atoms with van der Waals surface area (Å²) >= 11 is 0. The lowest BCUT2D eigenvalue weighted by molar-refractivity contribution is -0.160. The van der Waals surface area contributed by atoms with E-state index in [1.807, 2.05) is 33.8 Å². The van der Waals surface area contributed by atoms with Crippen LogP contribution >= 0.6 is 0 Å². The Morgan fingerprint density at radius 2 is 1.90 bits per heavy atom. The Morgan fingerprint density at radius 3 is 2.45 bits per heavy atom. The first kappa shape index (κ1) is 23.2. The van der Waals surface area contributed by atoms with E-state index in [1.54, 1.807) is 12.3 Å². The number of aromatic nitrogens is 1. The number of carboxylic acids is 1. The smallest absolute Gasteiger partial charge is 0.337 e. The van der Waals surface area contributed by atoms with Crippen molar-refractivity contribution in [1.82, 2.24) is 4.98 Å². The number of benzene rings is 1. The number of nitrogens with zero attached hydrogens (tertiary/aromatic N) is 2. The highest BCUT2D eigenvalue weighted by atomic mass is 19.1. The largest absolute Gasteiger partial charge is 0.479 e. The summed E-state index contributed by atoms with van der Waals surface area (Å²) in [7, 11) is 0. The van der Waals surface area contributed by atoms with Gasteiger partial charge in [0.05, 0.1) is 11.3 Å². The number of aliphatic carboxylic acids is 1. The maximum absolute atomic E-state index is 14.1. The Kier molecular flexibility index (Phi) is 6.42. The zero-order valence-electron chi connectivity index (χ0n) is 19.3. The Morgan fingerprint density at radius 1 is 1.26 bits per heavy atom. The van der Waals surface area contributed by atoms with Crippen molar-refractivity contribution in [3.8, 4) is 11.1 Å². The fraction of sp³-hybridized carbons (Fsp3) is 0.520. The molecule has 2 heterocycles. The summed E-state index contributed by atoms with van der Waals surface area (Å²) in [6.07, 6.45) is 2.51. The van der Waals surface area contributed by atoms with Gasteiger partial charge < -0.3 is 14.7 Å². The van der Waals surface area contributed by atoms with Gasteiger partial charge in [0.15, 0.2) is 6.10 Å². The first-order chi connectivity index (χ1) is 14.4. The lowest BCUT2D eigenvalue weighted by Crippen LogP contribution is -2.39. The highest BCUT2D eigenvalue weighted by Crippen LogP contribution is 2.43. The number of hydrogen-bond donors (Lipinski definition) is 1. The summed E-state index contributed by atoms with van der Waals surface area (Å²) in [5.74, 6) is -1.40. The van der Waals surface area contributed by atoms with Crippen molar-refractivity contribution < 1.29 is 19.0 Å². The molecule has 31 heavy (non-hydrogen) atoms. The summed E-state index contributed by atoms with van der Waals surface area (Å²) in [5.41, 5.74) is 2.90. The molecule has 5 nitrogen and oxygen atoms in total. The molecule has 6 heteroatoms.